The molecule has 0 saturated heterocycles. The molecule has 132 valence electrons. The summed E-state index contributed by atoms with van der Waals surface area (Å²) < 4.78 is 5.93. The highest BCUT2D eigenvalue weighted by atomic mass is 16.5. The van der Waals surface area contributed by atoms with E-state index in [1.165, 1.54) is 36.9 Å². The third-order valence-electron chi connectivity index (χ3n) is 6.34. The largest absolute Gasteiger partial charge is 0.378 e. The van der Waals surface area contributed by atoms with E-state index in [1.807, 2.05) is 6.20 Å². The van der Waals surface area contributed by atoms with Gasteiger partial charge in [0.2, 0.25) is 0 Å². The molecule has 24 heavy (non-hydrogen) atoms. The maximum atomic E-state index is 12.5. The molecule has 1 spiro atoms. The summed E-state index contributed by atoms with van der Waals surface area (Å²) >= 11 is 0. The Morgan fingerprint density at radius 2 is 2.25 bits per heavy atom. The second-order valence-corrected chi connectivity index (χ2v) is 7.60. The van der Waals surface area contributed by atoms with Crippen molar-refractivity contribution in [1.29, 1.82) is 0 Å². The molecule has 0 radical (unpaired) electrons. The number of rotatable bonds is 4. The molecule has 2 saturated carbocycles. The average molecular weight is 332 g/mol. The van der Waals surface area contributed by atoms with Crippen LogP contribution in [0.2, 0.25) is 0 Å². The van der Waals surface area contributed by atoms with Crippen LogP contribution in [0.4, 0.5) is 4.79 Å². The maximum absolute atomic E-state index is 12.5. The quantitative estimate of drug-likeness (QED) is 0.791. The summed E-state index contributed by atoms with van der Waals surface area (Å²) in [5.74, 6) is 0. The zero-order chi connectivity index (χ0) is 16.6. The predicted octanol–water partition coefficient (Wildman–Crippen LogP) is 2.30. The molecule has 0 bridgehead atoms. The SMILES string of the molecule is CCO[C@@H]1C[C@H](NC(=O)N[C@@H]2CCc3[nH]ncc3C2)C12CCCC2. The number of aromatic amines is 1. The van der Waals surface area contributed by atoms with E-state index in [2.05, 4.69) is 27.8 Å². The fourth-order valence-corrected chi connectivity index (χ4v) is 5.01. The number of carbonyl (C=O) groups excluding carboxylic acids is 1. The van der Waals surface area contributed by atoms with Crippen LogP contribution in [0, 0.1) is 5.41 Å². The highest BCUT2D eigenvalue weighted by Crippen LogP contribution is 2.54. The number of nitrogens with zero attached hydrogens (tertiary/aromatic N) is 1. The van der Waals surface area contributed by atoms with Crippen molar-refractivity contribution in [2.75, 3.05) is 6.61 Å². The molecular weight excluding hydrogens is 304 g/mol. The minimum absolute atomic E-state index is 0.0156. The Kier molecular flexibility index (Phi) is 4.24. The van der Waals surface area contributed by atoms with E-state index in [-0.39, 0.29) is 23.5 Å². The number of hydrogen-bond donors (Lipinski definition) is 3. The molecule has 2 fully saturated rings. The van der Waals surface area contributed by atoms with Crippen molar-refractivity contribution in [2.24, 2.45) is 5.41 Å². The van der Waals surface area contributed by atoms with Gasteiger partial charge in [0.05, 0.1) is 12.3 Å². The molecule has 0 aromatic carbocycles. The van der Waals surface area contributed by atoms with E-state index in [1.54, 1.807) is 0 Å². The molecule has 1 aromatic heterocycles. The van der Waals surface area contributed by atoms with Gasteiger partial charge >= 0.3 is 6.03 Å². The Morgan fingerprint density at radius 1 is 1.42 bits per heavy atom. The van der Waals surface area contributed by atoms with E-state index in [9.17, 15) is 4.79 Å². The summed E-state index contributed by atoms with van der Waals surface area (Å²) in [7, 11) is 0. The van der Waals surface area contributed by atoms with E-state index < -0.39 is 0 Å². The minimum atomic E-state index is -0.0156. The zero-order valence-electron chi connectivity index (χ0n) is 14.4. The van der Waals surface area contributed by atoms with Gasteiger partial charge in [0.1, 0.15) is 0 Å². The van der Waals surface area contributed by atoms with Crippen LogP contribution < -0.4 is 10.6 Å². The van der Waals surface area contributed by atoms with Gasteiger partial charge in [0.15, 0.2) is 0 Å². The Balaban J connectivity index is 1.32. The average Bonchev–Trinajstić information content (AvgIpc) is 3.24. The Labute approximate surface area is 143 Å². The van der Waals surface area contributed by atoms with E-state index >= 15 is 0 Å². The first-order valence-corrected chi connectivity index (χ1v) is 9.41. The van der Waals surface area contributed by atoms with Crippen molar-refractivity contribution < 1.29 is 9.53 Å². The van der Waals surface area contributed by atoms with Crippen LogP contribution >= 0.6 is 0 Å². The van der Waals surface area contributed by atoms with Crippen LogP contribution in [-0.2, 0) is 17.6 Å². The summed E-state index contributed by atoms with van der Waals surface area (Å²) in [6.07, 6.45) is 10.9. The molecule has 1 heterocycles. The molecule has 0 unspecified atom stereocenters. The van der Waals surface area contributed by atoms with Gasteiger partial charge in [-0.3, -0.25) is 5.10 Å². The van der Waals surface area contributed by atoms with Crippen LogP contribution in [0.5, 0.6) is 0 Å². The first-order valence-electron chi connectivity index (χ1n) is 9.41. The number of aromatic nitrogens is 2. The molecular formula is C18H28N4O2. The lowest BCUT2D eigenvalue weighted by Crippen LogP contribution is -2.65. The Hall–Kier alpha value is -1.56. The molecule has 0 aliphatic heterocycles. The van der Waals surface area contributed by atoms with Crippen LogP contribution in [0.1, 0.15) is 56.7 Å². The number of aryl methyl sites for hydroxylation is 1. The molecule has 6 heteroatoms. The van der Waals surface area contributed by atoms with Crippen molar-refractivity contribution in [3.05, 3.63) is 17.5 Å². The topological polar surface area (TPSA) is 79.0 Å². The molecule has 3 aliphatic carbocycles. The highest BCUT2D eigenvalue weighted by Gasteiger charge is 2.57. The van der Waals surface area contributed by atoms with Crippen molar-refractivity contribution in [1.82, 2.24) is 20.8 Å². The number of carbonyl (C=O) groups is 1. The first kappa shape index (κ1) is 15.9. The van der Waals surface area contributed by atoms with Crippen LogP contribution in [-0.4, -0.2) is 41.0 Å². The molecule has 6 nitrogen and oxygen atoms in total. The van der Waals surface area contributed by atoms with Gasteiger partial charge in [-0.2, -0.15) is 5.10 Å². The predicted molar refractivity (Wildman–Crippen MR) is 90.8 cm³/mol. The molecule has 4 rings (SSSR count). The van der Waals surface area contributed by atoms with Crippen molar-refractivity contribution >= 4 is 6.03 Å². The van der Waals surface area contributed by atoms with Crippen LogP contribution in [0.15, 0.2) is 6.20 Å². The maximum Gasteiger partial charge on any atom is 0.315 e. The summed E-state index contributed by atoms with van der Waals surface area (Å²) in [4.78, 5) is 12.5. The summed E-state index contributed by atoms with van der Waals surface area (Å²) in [5, 5.41) is 13.6. The van der Waals surface area contributed by atoms with E-state index in [0.717, 1.165) is 32.3 Å². The normalized spacial score (nSPS) is 30.6. The third kappa shape index (κ3) is 2.70. The van der Waals surface area contributed by atoms with Gasteiger partial charge in [-0.15, -0.1) is 0 Å². The summed E-state index contributed by atoms with van der Waals surface area (Å²) in [5.41, 5.74) is 2.65. The molecule has 1 aromatic rings. The van der Waals surface area contributed by atoms with Gasteiger partial charge in [0.25, 0.3) is 0 Å². The molecule has 3 atom stereocenters. The van der Waals surface area contributed by atoms with Gasteiger partial charge in [-0.1, -0.05) is 12.8 Å². The fourth-order valence-electron chi connectivity index (χ4n) is 5.01. The van der Waals surface area contributed by atoms with Gasteiger partial charge in [-0.05, 0) is 51.0 Å². The Bertz CT molecular complexity index is 594. The second kappa shape index (κ2) is 6.39. The second-order valence-electron chi connectivity index (χ2n) is 7.60. The van der Waals surface area contributed by atoms with Crippen LogP contribution in [0.25, 0.3) is 0 Å². The standard InChI is InChI=1S/C18H28N4O2/c1-2-24-16-10-15(18(16)7-3-4-8-18)21-17(23)20-13-5-6-14-12(9-13)11-19-22-14/h11,13,15-16H,2-10H2,1H3,(H,19,22)(H2,20,21,23)/t13-,15+,16-/m1/s1. The number of fused-ring (bicyclic) bond motifs is 1. The number of ether oxygens (including phenoxy) is 1. The lowest BCUT2D eigenvalue weighted by Gasteiger charge is -2.54. The lowest BCUT2D eigenvalue weighted by molar-refractivity contribution is -0.126. The number of H-pyrrole nitrogens is 1. The minimum Gasteiger partial charge on any atom is -0.378 e. The highest BCUT2D eigenvalue weighted by molar-refractivity contribution is 5.75. The third-order valence-corrected chi connectivity index (χ3v) is 6.34. The van der Waals surface area contributed by atoms with Crippen molar-refractivity contribution in [3.63, 3.8) is 0 Å². The zero-order valence-corrected chi connectivity index (χ0v) is 14.4. The first-order chi connectivity index (χ1) is 11.7. The Morgan fingerprint density at radius 3 is 3.04 bits per heavy atom. The fraction of sp³-hybridized carbons (Fsp3) is 0.778. The van der Waals surface area contributed by atoms with Gasteiger partial charge in [-0.25, -0.2) is 4.79 Å². The van der Waals surface area contributed by atoms with Gasteiger partial charge in [0, 0.05) is 29.8 Å². The van der Waals surface area contributed by atoms with Gasteiger partial charge < -0.3 is 15.4 Å². The van der Waals surface area contributed by atoms with E-state index in [0.29, 0.717) is 6.10 Å². The number of urea groups is 1. The lowest BCUT2D eigenvalue weighted by atomic mass is 9.60. The smallest absolute Gasteiger partial charge is 0.315 e. The summed E-state index contributed by atoms with van der Waals surface area (Å²) in [6.45, 7) is 2.82. The number of amides is 2. The summed E-state index contributed by atoms with van der Waals surface area (Å²) in [6, 6.07) is 0.459. The number of nitrogens with one attached hydrogen (secondary N) is 3. The molecule has 3 aliphatic rings. The number of hydrogen-bond acceptors (Lipinski definition) is 3. The van der Waals surface area contributed by atoms with Crippen molar-refractivity contribution in [3.8, 4) is 0 Å². The molecule has 2 amide bonds. The molecule has 3 N–H and O–H groups in total. The monoisotopic (exact) mass is 332 g/mol. The van der Waals surface area contributed by atoms with Crippen molar-refractivity contribution in [2.45, 2.75) is 76.5 Å². The van der Waals surface area contributed by atoms with Crippen LogP contribution in [0.3, 0.4) is 0 Å². The van der Waals surface area contributed by atoms with E-state index in [4.69, 9.17) is 4.74 Å².